The van der Waals surface area contributed by atoms with E-state index in [4.69, 9.17) is 5.84 Å². The SMILES string of the molecule is CC(C)=CCC/C(C)=C/CC/C(C)=C/CSCC(C)NC(=O)C1(C(=O)NN)CC1. The number of carbonyl (C=O) groups excluding carboxylic acids is 2. The summed E-state index contributed by atoms with van der Waals surface area (Å²) in [6.45, 7) is 10.7. The van der Waals surface area contributed by atoms with Crippen LogP contribution in [0.5, 0.6) is 0 Å². The smallest absolute Gasteiger partial charge is 0.249 e. The van der Waals surface area contributed by atoms with Gasteiger partial charge in [-0.15, -0.1) is 0 Å². The number of amides is 2. The second-order valence-electron chi connectivity index (χ2n) is 8.43. The highest BCUT2D eigenvalue weighted by Crippen LogP contribution is 2.46. The summed E-state index contributed by atoms with van der Waals surface area (Å²) in [4.78, 5) is 24.0. The molecular weight excluding hydrogens is 382 g/mol. The predicted molar refractivity (Wildman–Crippen MR) is 124 cm³/mol. The van der Waals surface area contributed by atoms with Crippen molar-refractivity contribution in [1.29, 1.82) is 0 Å². The van der Waals surface area contributed by atoms with Crippen LogP contribution >= 0.6 is 11.8 Å². The molecule has 0 spiro atoms. The minimum absolute atomic E-state index is 0.0237. The summed E-state index contributed by atoms with van der Waals surface area (Å²) in [6, 6.07) is 0.0237. The Morgan fingerprint density at radius 1 is 1.00 bits per heavy atom. The van der Waals surface area contributed by atoms with Crippen molar-refractivity contribution in [3.8, 4) is 0 Å². The van der Waals surface area contributed by atoms with Crippen molar-refractivity contribution in [3.63, 3.8) is 0 Å². The standard InChI is InChI=1S/C23H39N3O2S/c1-17(2)8-6-9-18(3)10-7-11-19(4)12-15-29-16-20(5)25-21(27)23(13-14-23)22(28)26-24/h8,10,12,20H,6-7,9,11,13-16,24H2,1-5H3,(H,25,27)(H,26,28)/b18-10+,19-12+. The fourth-order valence-electron chi connectivity index (χ4n) is 3.01. The van der Waals surface area contributed by atoms with Crippen LogP contribution in [0.15, 0.2) is 34.9 Å². The van der Waals surface area contributed by atoms with Crippen molar-refractivity contribution < 1.29 is 9.59 Å². The van der Waals surface area contributed by atoms with Crippen LogP contribution in [0.1, 0.15) is 73.1 Å². The Bertz CT molecular complexity index is 645. The molecule has 5 nitrogen and oxygen atoms in total. The molecule has 0 aliphatic heterocycles. The van der Waals surface area contributed by atoms with Gasteiger partial charge >= 0.3 is 0 Å². The van der Waals surface area contributed by atoms with Gasteiger partial charge in [-0.3, -0.25) is 15.0 Å². The zero-order valence-electron chi connectivity index (χ0n) is 18.8. The summed E-state index contributed by atoms with van der Waals surface area (Å²) in [7, 11) is 0. The molecule has 1 rings (SSSR count). The van der Waals surface area contributed by atoms with Crippen LogP contribution in [-0.4, -0.2) is 29.4 Å². The normalized spacial score (nSPS) is 16.8. The molecule has 4 N–H and O–H groups in total. The molecule has 0 radical (unpaired) electrons. The number of thioether (sulfide) groups is 1. The predicted octanol–water partition coefficient (Wildman–Crippen LogP) is 4.41. The molecule has 0 saturated heterocycles. The summed E-state index contributed by atoms with van der Waals surface area (Å²) in [5.41, 5.74) is 5.43. The fourth-order valence-corrected chi connectivity index (χ4v) is 3.98. The summed E-state index contributed by atoms with van der Waals surface area (Å²) in [5.74, 6) is 6.35. The molecule has 1 saturated carbocycles. The van der Waals surface area contributed by atoms with Crippen molar-refractivity contribution in [1.82, 2.24) is 10.7 Å². The summed E-state index contributed by atoms with van der Waals surface area (Å²) >= 11 is 1.79. The molecule has 2 amide bonds. The van der Waals surface area contributed by atoms with E-state index >= 15 is 0 Å². The lowest BCUT2D eigenvalue weighted by Crippen LogP contribution is -2.48. The first-order chi connectivity index (χ1) is 13.7. The minimum Gasteiger partial charge on any atom is -0.352 e. The molecule has 1 unspecified atom stereocenters. The lowest BCUT2D eigenvalue weighted by molar-refractivity contribution is -0.137. The van der Waals surface area contributed by atoms with Gasteiger partial charge in [0, 0.05) is 17.5 Å². The van der Waals surface area contributed by atoms with Crippen LogP contribution < -0.4 is 16.6 Å². The number of nitrogens with two attached hydrogens (primary N) is 1. The number of allylic oxidation sites excluding steroid dienone is 5. The fraction of sp³-hybridized carbons (Fsp3) is 0.652. The Hall–Kier alpha value is -1.53. The van der Waals surface area contributed by atoms with Gasteiger partial charge in [-0.2, -0.15) is 11.8 Å². The lowest BCUT2D eigenvalue weighted by Gasteiger charge is -2.18. The molecule has 29 heavy (non-hydrogen) atoms. The molecule has 0 aromatic heterocycles. The topological polar surface area (TPSA) is 84.2 Å². The highest BCUT2D eigenvalue weighted by Gasteiger charge is 2.56. The highest BCUT2D eigenvalue weighted by molar-refractivity contribution is 7.99. The number of hydrogen-bond donors (Lipinski definition) is 3. The molecule has 0 aromatic rings. The number of nitrogens with one attached hydrogen (secondary N) is 2. The van der Waals surface area contributed by atoms with E-state index in [1.54, 1.807) is 11.8 Å². The maximum absolute atomic E-state index is 12.3. The zero-order valence-corrected chi connectivity index (χ0v) is 19.6. The van der Waals surface area contributed by atoms with Gasteiger partial charge in [-0.05, 0) is 73.1 Å². The average molecular weight is 422 g/mol. The van der Waals surface area contributed by atoms with Crippen molar-refractivity contribution in [2.75, 3.05) is 11.5 Å². The second-order valence-corrected chi connectivity index (χ2v) is 9.50. The largest absolute Gasteiger partial charge is 0.352 e. The minimum atomic E-state index is -0.929. The summed E-state index contributed by atoms with van der Waals surface area (Å²) in [6.07, 6.45) is 12.5. The van der Waals surface area contributed by atoms with E-state index in [9.17, 15) is 9.59 Å². The van der Waals surface area contributed by atoms with Crippen molar-refractivity contribution in [2.24, 2.45) is 11.3 Å². The molecule has 0 heterocycles. The number of rotatable bonds is 13. The van der Waals surface area contributed by atoms with Gasteiger partial charge < -0.3 is 5.32 Å². The number of carbonyl (C=O) groups is 2. The maximum atomic E-state index is 12.3. The van der Waals surface area contributed by atoms with Gasteiger partial charge in [0.2, 0.25) is 11.8 Å². The van der Waals surface area contributed by atoms with E-state index < -0.39 is 5.41 Å². The Kier molecular flexibility index (Phi) is 11.4. The number of hydrogen-bond acceptors (Lipinski definition) is 4. The molecule has 1 aliphatic carbocycles. The van der Waals surface area contributed by atoms with Crippen LogP contribution in [0.25, 0.3) is 0 Å². The Balaban J connectivity index is 2.22. The van der Waals surface area contributed by atoms with Crippen LogP contribution in [0.3, 0.4) is 0 Å². The van der Waals surface area contributed by atoms with E-state index in [-0.39, 0.29) is 17.9 Å². The average Bonchev–Trinajstić information content (AvgIpc) is 3.46. The Morgan fingerprint density at radius 3 is 2.14 bits per heavy atom. The Morgan fingerprint density at radius 2 is 1.59 bits per heavy atom. The first kappa shape index (κ1) is 25.5. The monoisotopic (exact) mass is 421 g/mol. The van der Waals surface area contributed by atoms with Gasteiger partial charge in [0.25, 0.3) is 0 Å². The molecule has 1 atom stereocenters. The van der Waals surface area contributed by atoms with E-state index in [1.165, 1.54) is 16.7 Å². The second kappa shape index (κ2) is 12.9. The van der Waals surface area contributed by atoms with Gasteiger partial charge in [0.1, 0.15) is 5.41 Å². The summed E-state index contributed by atoms with van der Waals surface area (Å²) in [5, 5.41) is 2.95. The quantitative estimate of drug-likeness (QED) is 0.103. The highest BCUT2D eigenvalue weighted by atomic mass is 32.2. The first-order valence-corrected chi connectivity index (χ1v) is 11.7. The molecule has 0 bridgehead atoms. The van der Waals surface area contributed by atoms with E-state index in [0.717, 1.165) is 37.2 Å². The molecule has 1 fully saturated rings. The van der Waals surface area contributed by atoms with E-state index in [1.807, 2.05) is 6.92 Å². The third-order valence-electron chi connectivity index (χ3n) is 5.17. The van der Waals surface area contributed by atoms with Crippen molar-refractivity contribution in [2.45, 2.75) is 79.2 Å². The van der Waals surface area contributed by atoms with Gasteiger partial charge in [-0.1, -0.05) is 34.9 Å². The molecule has 0 aromatic carbocycles. The van der Waals surface area contributed by atoms with Crippen LogP contribution in [0.2, 0.25) is 0 Å². The van der Waals surface area contributed by atoms with Crippen LogP contribution in [-0.2, 0) is 9.59 Å². The third kappa shape index (κ3) is 9.68. The Labute approximate surface area is 181 Å². The number of hydrazine groups is 1. The van der Waals surface area contributed by atoms with Crippen LogP contribution in [0.4, 0.5) is 0 Å². The zero-order chi connectivity index (χ0) is 21.9. The van der Waals surface area contributed by atoms with Crippen molar-refractivity contribution >= 4 is 23.6 Å². The van der Waals surface area contributed by atoms with Gasteiger partial charge in [0.15, 0.2) is 0 Å². The molecule has 1 aliphatic rings. The van der Waals surface area contributed by atoms with Gasteiger partial charge in [-0.25, -0.2) is 5.84 Å². The molecule has 6 heteroatoms. The molecule has 164 valence electrons. The van der Waals surface area contributed by atoms with Crippen molar-refractivity contribution in [3.05, 3.63) is 34.9 Å². The maximum Gasteiger partial charge on any atom is 0.249 e. The first-order valence-electron chi connectivity index (χ1n) is 10.6. The molecular formula is C23H39N3O2S. The van der Waals surface area contributed by atoms with Crippen LogP contribution in [0, 0.1) is 5.41 Å². The van der Waals surface area contributed by atoms with E-state index in [0.29, 0.717) is 12.8 Å². The van der Waals surface area contributed by atoms with Gasteiger partial charge in [0.05, 0.1) is 0 Å². The lowest BCUT2D eigenvalue weighted by atomic mass is 10.1. The summed E-state index contributed by atoms with van der Waals surface area (Å²) < 4.78 is 0. The third-order valence-corrected chi connectivity index (χ3v) is 6.31. The van der Waals surface area contributed by atoms with E-state index in [2.05, 4.69) is 56.7 Å².